The van der Waals surface area contributed by atoms with E-state index in [0.717, 1.165) is 43.8 Å². The van der Waals surface area contributed by atoms with Gasteiger partial charge in [-0.2, -0.15) is 0 Å². The highest BCUT2D eigenvalue weighted by atomic mass is 16.5. The molecule has 1 saturated carbocycles. The fraction of sp³-hybridized carbons (Fsp3) is 0.650. The minimum atomic E-state index is 0.0846. The molecule has 1 saturated heterocycles. The highest BCUT2D eigenvalue weighted by Gasteiger charge is 2.33. The number of methoxy groups -OCH3 is 1. The van der Waals surface area contributed by atoms with Gasteiger partial charge in [-0.3, -0.25) is 0 Å². The molecule has 1 aliphatic heterocycles. The van der Waals surface area contributed by atoms with Crippen LogP contribution in [-0.4, -0.2) is 54.7 Å². The Morgan fingerprint density at radius 3 is 2.56 bits per heavy atom. The lowest BCUT2D eigenvalue weighted by Crippen LogP contribution is -2.43. The number of nitrogens with zero attached hydrogens (tertiary/aromatic N) is 2. The number of rotatable bonds is 7. The topological polar surface area (TPSA) is 44.8 Å². The van der Waals surface area contributed by atoms with Gasteiger partial charge in [-0.15, -0.1) is 0 Å². The Morgan fingerprint density at radius 1 is 1.28 bits per heavy atom. The van der Waals surface area contributed by atoms with Gasteiger partial charge in [-0.1, -0.05) is 12.1 Å². The number of benzene rings is 1. The molecule has 0 radical (unpaired) electrons. The zero-order valence-corrected chi connectivity index (χ0v) is 15.7. The fourth-order valence-corrected chi connectivity index (χ4v) is 3.51. The minimum absolute atomic E-state index is 0.0846. The van der Waals surface area contributed by atoms with Crippen molar-refractivity contribution in [1.29, 1.82) is 0 Å². The van der Waals surface area contributed by atoms with Crippen molar-refractivity contribution in [2.45, 2.75) is 51.7 Å². The number of carbonyl (C=O) groups excluding carboxylic acids is 1. The molecule has 0 bridgehead atoms. The van der Waals surface area contributed by atoms with Gasteiger partial charge in [0.25, 0.3) is 0 Å². The lowest BCUT2D eigenvalue weighted by Gasteiger charge is -2.24. The van der Waals surface area contributed by atoms with Crippen LogP contribution in [0.5, 0.6) is 5.75 Å². The van der Waals surface area contributed by atoms with Gasteiger partial charge in [0.05, 0.1) is 7.11 Å². The zero-order chi connectivity index (χ0) is 17.8. The second-order valence-electron chi connectivity index (χ2n) is 7.64. The zero-order valence-electron chi connectivity index (χ0n) is 15.7. The number of hydrogen-bond donors (Lipinski definition) is 1. The molecule has 5 heteroatoms. The number of likely N-dealkylation sites (tertiary alicyclic amines) is 1. The van der Waals surface area contributed by atoms with Crippen molar-refractivity contribution in [1.82, 2.24) is 15.1 Å². The third-order valence-electron chi connectivity index (χ3n) is 5.35. The molecule has 0 aromatic heterocycles. The van der Waals surface area contributed by atoms with Gasteiger partial charge < -0.3 is 19.9 Å². The largest absolute Gasteiger partial charge is 0.497 e. The predicted molar refractivity (Wildman–Crippen MR) is 99.8 cm³/mol. The van der Waals surface area contributed by atoms with E-state index in [4.69, 9.17) is 4.74 Å². The first-order valence-corrected chi connectivity index (χ1v) is 9.48. The smallest absolute Gasteiger partial charge is 0.317 e. The molecule has 1 aliphatic carbocycles. The number of ether oxygens (including phenoxy) is 1. The predicted octanol–water partition coefficient (Wildman–Crippen LogP) is 3.10. The van der Waals surface area contributed by atoms with Crippen LogP contribution in [0.1, 0.15) is 38.7 Å². The van der Waals surface area contributed by atoms with E-state index in [9.17, 15) is 4.79 Å². The molecule has 25 heavy (non-hydrogen) atoms. The first kappa shape index (κ1) is 18.1. The van der Waals surface area contributed by atoms with E-state index in [1.54, 1.807) is 7.11 Å². The molecule has 1 aromatic carbocycles. The summed E-state index contributed by atoms with van der Waals surface area (Å²) < 4.78 is 5.21. The summed E-state index contributed by atoms with van der Waals surface area (Å²) in [5, 5.41) is 3.18. The van der Waals surface area contributed by atoms with Gasteiger partial charge in [0.15, 0.2) is 0 Å². The van der Waals surface area contributed by atoms with Crippen LogP contribution < -0.4 is 10.1 Å². The van der Waals surface area contributed by atoms with Gasteiger partial charge in [-0.25, -0.2) is 4.79 Å². The number of nitrogens with one attached hydrogen (secondary N) is 1. The monoisotopic (exact) mass is 345 g/mol. The minimum Gasteiger partial charge on any atom is -0.497 e. The average molecular weight is 345 g/mol. The van der Waals surface area contributed by atoms with Gasteiger partial charge in [0.2, 0.25) is 0 Å². The summed E-state index contributed by atoms with van der Waals surface area (Å²) in [4.78, 5) is 17.2. The van der Waals surface area contributed by atoms with Crippen LogP contribution in [0.2, 0.25) is 0 Å². The van der Waals surface area contributed by atoms with Gasteiger partial charge >= 0.3 is 6.03 Å². The van der Waals surface area contributed by atoms with Crippen LogP contribution in [0, 0.1) is 5.92 Å². The van der Waals surface area contributed by atoms with E-state index in [0.29, 0.717) is 24.5 Å². The first-order chi connectivity index (χ1) is 12.1. The van der Waals surface area contributed by atoms with Crippen LogP contribution in [0.25, 0.3) is 0 Å². The standard InChI is InChI=1S/C20H31N3O2/c1-15(2)22-11-10-17(13-22)12-21-20(24)23(18-6-7-18)14-16-4-8-19(25-3)9-5-16/h4-5,8-9,15,17-18H,6-7,10-14H2,1-3H3,(H,21,24)/t17-/m0/s1. The second-order valence-corrected chi connectivity index (χ2v) is 7.64. The van der Waals surface area contributed by atoms with Gasteiger partial charge in [0.1, 0.15) is 5.75 Å². The van der Waals surface area contributed by atoms with E-state index in [1.807, 2.05) is 29.2 Å². The molecule has 0 unspecified atom stereocenters. The van der Waals surface area contributed by atoms with Crippen LogP contribution >= 0.6 is 0 Å². The highest BCUT2D eigenvalue weighted by Crippen LogP contribution is 2.29. The number of urea groups is 1. The summed E-state index contributed by atoms with van der Waals surface area (Å²) in [5.74, 6) is 1.43. The molecule has 5 nitrogen and oxygen atoms in total. The molecule has 2 aliphatic rings. The van der Waals surface area contributed by atoms with Crippen molar-refractivity contribution >= 4 is 6.03 Å². The first-order valence-electron chi connectivity index (χ1n) is 9.48. The summed E-state index contributed by atoms with van der Waals surface area (Å²) in [6.07, 6.45) is 3.42. The average Bonchev–Trinajstić information content (AvgIpc) is 3.34. The van der Waals surface area contributed by atoms with E-state index in [2.05, 4.69) is 24.1 Å². The summed E-state index contributed by atoms with van der Waals surface area (Å²) in [7, 11) is 1.67. The second kappa shape index (κ2) is 8.09. The van der Waals surface area contributed by atoms with Crippen molar-refractivity contribution < 1.29 is 9.53 Å². The SMILES string of the molecule is COc1ccc(CN(C(=O)NC[C@@H]2CCN(C(C)C)C2)C2CC2)cc1. The third kappa shape index (κ3) is 4.88. The molecule has 1 heterocycles. The van der Waals surface area contributed by atoms with Crippen LogP contribution in [-0.2, 0) is 6.54 Å². The molecule has 3 rings (SSSR count). The Balaban J connectivity index is 1.51. The Hall–Kier alpha value is -1.75. The molecule has 2 fully saturated rings. The normalized spacial score (nSPS) is 20.7. The van der Waals surface area contributed by atoms with Crippen molar-refractivity contribution in [3.8, 4) is 5.75 Å². The van der Waals surface area contributed by atoms with E-state index in [1.165, 1.54) is 6.42 Å². The Bertz CT molecular complexity index is 569. The molecular weight excluding hydrogens is 314 g/mol. The van der Waals surface area contributed by atoms with Crippen molar-refractivity contribution in [2.24, 2.45) is 5.92 Å². The quantitative estimate of drug-likeness (QED) is 0.826. The number of hydrogen-bond acceptors (Lipinski definition) is 3. The Labute approximate surface area is 151 Å². The number of carbonyl (C=O) groups is 1. The molecular formula is C20H31N3O2. The number of amides is 2. The fourth-order valence-electron chi connectivity index (χ4n) is 3.51. The van der Waals surface area contributed by atoms with Gasteiger partial charge in [-0.05, 0) is 63.3 Å². The maximum Gasteiger partial charge on any atom is 0.317 e. The van der Waals surface area contributed by atoms with E-state index < -0.39 is 0 Å². The van der Waals surface area contributed by atoms with Crippen molar-refractivity contribution in [3.63, 3.8) is 0 Å². The molecule has 138 valence electrons. The summed E-state index contributed by atoms with van der Waals surface area (Å²) >= 11 is 0. The molecule has 1 N–H and O–H groups in total. The lowest BCUT2D eigenvalue weighted by molar-refractivity contribution is 0.189. The van der Waals surface area contributed by atoms with Crippen LogP contribution in [0.3, 0.4) is 0 Å². The maximum atomic E-state index is 12.7. The van der Waals surface area contributed by atoms with Crippen molar-refractivity contribution in [3.05, 3.63) is 29.8 Å². The molecule has 1 atom stereocenters. The maximum absolute atomic E-state index is 12.7. The lowest BCUT2D eigenvalue weighted by atomic mass is 10.1. The summed E-state index contributed by atoms with van der Waals surface area (Å²) in [6.45, 7) is 8.18. The Kier molecular flexibility index (Phi) is 5.84. The van der Waals surface area contributed by atoms with E-state index >= 15 is 0 Å². The summed E-state index contributed by atoms with van der Waals surface area (Å²) in [6, 6.07) is 9.07. The highest BCUT2D eigenvalue weighted by molar-refractivity contribution is 5.75. The third-order valence-corrected chi connectivity index (χ3v) is 5.35. The Morgan fingerprint density at radius 2 is 2.00 bits per heavy atom. The molecule has 2 amide bonds. The van der Waals surface area contributed by atoms with Crippen LogP contribution in [0.4, 0.5) is 4.79 Å². The van der Waals surface area contributed by atoms with Gasteiger partial charge in [0, 0.05) is 31.7 Å². The summed E-state index contributed by atoms with van der Waals surface area (Å²) in [5.41, 5.74) is 1.15. The molecule has 1 aromatic rings. The van der Waals surface area contributed by atoms with Crippen LogP contribution in [0.15, 0.2) is 24.3 Å². The molecule has 0 spiro atoms. The van der Waals surface area contributed by atoms with Crippen molar-refractivity contribution in [2.75, 3.05) is 26.7 Å². The van der Waals surface area contributed by atoms with E-state index in [-0.39, 0.29) is 6.03 Å².